The molecule has 2 aromatic rings. The molecule has 0 N–H and O–H groups in total. The predicted molar refractivity (Wildman–Crippen MR) is 59.8 cm³/mol. The molecule has 2 rings (SSSR count). The van der Waals surface area contributed by atoms with E-state index >= 15 is 0 Å². The monoisotopic (exact) mass is 218 g/mol. The Morgan fingerprint density at radius 2 is 2.27 bits per heavy atom. The van der Waals surface area contributed by atoms with Crippen LogP contribution >= 0.6 is 11.8 Å². The molecule has 0 amide bonds. The van der Waals surface area contributed by atoms with Crippen molar-refractivity contribution in [3.63, 3.8) is 0 Å². The van der Waals surface area contributed by atoms with E-state index in [-0.39, 0.29) is 0 Å². The van der Waals surface area contributed by atoms with Crippen molar-refractivity contribution in [3.8, 4) is 12.3 Å². The number of terminal acetylenes is 1. The summed E-state index contributed by atoms with van der Waals surface area (Å²) in [6.45, 7) is 3.95. The highest BCUT2D eigenvalue weighted by atomic mass is 32.2. The molecule has 4 nitrogen and oxygen atoms in total. The Morgan fingerprint density at radius 3 is 3.00 bits per heavy atom. The van der Waals surface area contributed by atoms with Crippen LogP contribution in [-0.2, 0) is 0 Å². The topological polar surface area (TPSA) is 43.1 Å². The SMILES string of the molecule is C#CCSc1nnc2nc(C)cc(C)n12. The van der Waals surface area contributed by atoms with Gasteiger partial charge in [-0.3, -0.25) is 4.40 Å². The van der Waals surface area contributed by atoms with Crippen LogP contribution < -0.4 is 0 Å². The Labute approximate surface area is 92.1 Å². The molecule has 0 bridgehead atoms. The smallest absolute Gasteiger partial charge is 0.256 e. The van der Waals surface area contributed by atoms with Gasteiger partial charge in [-0.15, -0.1) is 16.6 Å². The number of fused-ring (bicyclic) bond motifs is 1. The molecule has 15 heavy (non-hydrogen) atoms. The van der Waals surface area contributed by atoms with Crippen molar-refractivity contribution in [3.05, 3.63) is 17.5 Å². The van der Waals surface area contributed by atoms with Gasteiger partial charge in [-0.25, -0.2) is 4.98 Å². The second kappa shape index (κ2) is 3.91. The first kappa shape index (κ1) is 9.99. The largest absolute Gasteiger partial charge is 0.259 e. The number of nitrogens with zero attached hydrogens (tertiary/aromatic N) is 4. The summed E-state index contributed by atoms with van der Waals surface area (Å²) in [5, 5.41) is 8.86. The van der Waals surface area contributed by atoms with Crippen LogP contribution in [0.2, 0.25) is 0 Å². The van der Waals surface area contributed by atoms with E-state index in [1.165, 1.54) is 11.8 Å². The Hall–Kier alpha value is -1.54. The van der Waals surface area contributed by atoms with Crippen LogP contribution in [0.1, 0.15) is 11.4 Å². The van der Waals surface area contributed by atoms with Crippen molar-refractivity contribution < 1.29 is 0 Å². The van der Waals surface area contributed by atoms with E-state index < -0.39 is 0 Å². The Morgan fingerprint density at radius 1 is 1.47 bits per heavy atom. The van der Waals surface area contributed by atoms with Gasteiger partial charge in [0.2, 0.25) is 0 Å². The minimum absolute atomic E-state index is 0.591. The van der Waals surface area contributed by atoms with E-state index in [0.717, 1.165) is 16.5 Å². The highest BCUT2D eigenvalue weighted by molar-refractivity contribution is 7.99. The second-order valence-electron chi connectivity index (χ2n) is 3.15. The third kappa shape index (κ3) is 1.81. The van der Waals surface area contributed by atoms with Crippen LogP contribution in [0.3, 0.4) is 0 Å². The molecule has 0 aliphatic rings. The van der Waals surface area contributed by atoms with Crippen LogP contribution in [0.25, 0.3) is 5.78 Å². The third-order valence-corrected chi connectivity index (χ3v) is 2.78. The van der Waals surface area contributed by atoms with Gasteiger partial charge < -0.3 is 0 Å². The van der Waals surface area contributed by atoms with Crippen LogP contribution in [0.4, 0.5) is 0 Å². The van der Waals surface area contributed by atoms with Crippen molar-refractivity contribution in [2.75, 3.05) is 5.75 Å². The maximum atomic E-state index is 5.21. The molecule has 0 radical (unpaired) electrons. The van der Waals surface area contributed by atoms with Crippen LogP contribution in [0.5, 0.6) is 0 Å². The zero-order chi connectivity index (χ0) is 10.8. The molecule has 2 heterocycles. The molecule has 0 saturated carbocycles. The van der Waals surface area contributed by atoms with E-state index in [1.54, 1.807) is 0 Å². The number of thioether (sulfide) groups is 1. The van der Waals surface area contributed by atoms with E-state index in [0.29, 0.717) is 11.5 Å². The molecule has 0 aliphatic heterocycles. The summed E-state index contributed by atoms with van der Waals surface area (Å²) < 4.78 is 1.91. The summed E-state index contributed by atoms with van der Waals surface area (Å²) in [7, 11) is 0. The van der Waals surface area contributed by atoms with Gasteiger partial charge in [0.05, 0.1) is 5.75 Å². The quantitative estimate of drug-likeness (QED) is 0.565. The summed E-state index contributed by atoms with van der Waals surface area (Å²) in [6.07, 6.45) is 5.21. The average Bonchev–Trinajstić information content (AvgIpc) is 2.58. The van der Waals surface area contributed by atoms with Crippen molar-refractivity contribution >= 4 is 17.5 Å². The summed E-state index contributed by atoms with van der Waals surface area (Å²) in [6, 6.07) is 2.00. The summed E-state index contributed by atoms with van der Waals surface area (Å²) in [5.41, 5.74) is 2.02. The maximum absolute atomic E-state index is 5.21. The van der Waals surface area contributed by atoms with Gasteiger partial charge in [0.25, 0.3) is 5.78 Å². The van der Waals surface area contributed by atoms with Crippen molar-refractivity contribution in [2.45, 2.75) is 19.0 Å². The Balaban J connectivity index is 2.55. The summed E-state index contributed by atoms with van der Waals surface area (Å²) >= 11 is 1.49. The van der Waals surface area contributed by atoms with Crippen LogP contribution in [0.15, 0.2) is 11.2 Å². The fourth-order valence-corrected chi connectivity index (χ4v) is 2.07. The number of aromatic nitrogens is 4. The molecular formula is C10H10N4S. The lowest BCUT2D eigenvalue weighted by Gasteiger charge is -2.02. The second-order valence-corrected chi connectivity index (χ2v) is 4.09. The lowest BCUT2D eigenvalue weighted by molar-refractivity contribution is 0.888. The summed E-state index contributed by atoms with van der Waals surface area (Å²) in [5.74, 6) is 3.79. The number of hydrogen-bond acceptors (Lipinski definition) is 4. The molecule has 0 unspecified atom stereocenters. The number of aryl methyl sites for hydroxylation is 2. The molecule has 0 atom stereocenters. The zero-order valence-electron chi connectivity index (χ0n) is 8.56. The van der Waals surface area contributed by atoms with Crippen molar-refractivity contribution in [1.82, 2.24) is 19.6 Å². The molecule has 0 spiro atoms. The van der Waals surface area contributed by atoms with E-state index in [2.05, 4.69) is 21.1 Å². The fourth-order valence-electron chi connectivity index (χ4n) is 1.40. The van der Waals surface area contributed by atoms with Gasteiger partial charge in [-0.2, -0.15) is 0 Å². The Bertz CT molecular complexity index is 538. The summed E-state index contributed by atoms with van der Waals surface area (Å²) in [4.78, 5) is 4.29. The minimum Gasteiger partial charge on any atom is -0.259 e. The highest BCUT2D eigenvalue weighted by Gasteiger charge is 2.08. The van der Waals surface area contributed by atoms with Crippen LogP contribution in [-0.4, -0.2) is 25.3 Å². The molecule has 5 heteroatoms. The molecule has 76 valence electrons. The first-order valence-corrected chi connectivity index (χ1v) is 5.46. The fraction of sp³-hybridized carbons (Fsp3) is 0.300. The van der Waals surface area contributed by atoms with E-state index in [4.69, 9.17) is 6.42 Å². The molecular weight excluding hydrogens is 208 g/mol. The van der Waals surface area contributed by atoms with Gasteiger partial charge in [-0.1, -0.05) is 17.7 Å². The lowest BCUT2D eigenvalue weighted by atomic mass is 10.3. The van der Waals surface area contributed by atoms with Gasteiger partial charge in [-0.05, 0) is 19.9 Å². The standard InChI is InChI=1S/C10H10N4S/c1-4-5-15-10-13-12-9-11-7(2)6-8(3)14(9)10/h1,6H,5H2,2-3H3. The third-order valence-electron chi connectivity index (χ3n) is 1.95. The van der Waals surface area contributed by atoms with E-state index in [1.807, 2.05) is 24.3 Å². The molecule has 0 fully saturated rings. The minimum atomic E-state index is 0.591. The molecule has 0 aromatic carbocycles. The predicted octanol–water partition coefficient (Wildman–Crippen LogP) is 1.47. The Kier molecular flexibility index (Phi) is 2.60. The average molecular weight is 218 g/mol. The van der Waals surface area contributed by atoms with Gasteiger partial charge in [0.1, 0.15) is 0 Å². The first-order valence-electron chi connectivity index (χ1n) is 4.48. The van der Waals surface area contributed by atoms with Gasteiger partial charge >= 0.3 is 0 Å². The molecule has 0 saturated heterocycles. The first-order chi connectivity index (χ1) is 7.22. The van der Waals surface area contributed by atoms with Crippen LogP contribution in [0, 0.1) is 26.2 Å². The normalized spacial score (nSPS) is 10.5. The maximum Gasteiger partial charge on any atom is 0.256 e. The van der Waals surface area contributed by atoms with Crippen molar-refractivity contribution in [2.24, 2.45) is 0 Å². The van der Waals surface area contributed by atoms with Gasteiger partial charge in [0, 0.05) is 11.4 Å². The number of hydrogen-bond donors (Lipinski definition) is 0. The highest BCUT2D eigenvalue weighted by Crippen LogP contribution is 2.17. The van der Waals surface area contributed by atoms with Crippen molar-refractivity contribution in [1.29, 1.82) is 0 Å². The zero-order valence-corrected chi connectivity index (χ0v) is 9.38. The molecule has 2 aromatic heterocycles. The lowest BCUT2D eigenvalue weighted by Crippen LogP contribution is -1.97. The molecule has 0 aliphatic carbocycles. The van der Waals surface area contributed by atoms with E-state index in [9.17, 15) is 0 Å². The van der Waals surface area contributed by atoms with Gasteiger partial charge in [0.15, 0.2) is 5.16 Å². The number of rotatable bonds is 2.